The van der Waals surface area contributed by atoms with Crippen LogP contribution in [0.1, 0.15) is 30.4 Å². The number of phenols is 1. The van der Waals surface area contributed by atoms with E-state index in [1.807, 2.05) is 42.5 Å². The SMILES string of the molecule is NC(N)=NCCC[C@@H]1NC(=O)[C@@H]2C[C@@H](N)CN2C(=O)[C@@H](Cc2ccc(O)cc2)NC(=O)CNC(=O)[C@H](Cc2ccc3ccccc3c2)NC1=O. The number of carbonyl (C=O) groups excluding carboxylic acids is 5. The van der Waals surface area contributed by atoms with Crippen LogP contribution in [0.3, 0.4) is 0 Å². The molecule has 2 aliphatic heterocycles. The van der Waals surface area contributed by atoms with E-state index in [1.165, 1.54) is 17.0 Å². The number of hydrogen-bond acceptors (Lipinski definition) is 8. The fourth-order valence-electron chi connectivity index (χ4n) is 6.29. The summed E-state index contributed by atoms with van der Waals surface area (Å²) < 4.78 is 0. The van der Waals surface area contributed by atoms with E-state index < -0.39 is 66.3 Å². The van der Waals surface area contributed by atoms with Gasteiger partial charge in [0.25, 0.3) is 0 Å². The number of carbonyl (C=O) groups is 5. The van der Waals surface area contributed by atoms with Crippen molar-refractivity contribution >= 4 is 46.3 Å². The molecule has 15 nitrogen and oxygen atoms in total. The van der Waals surface area contributed by atoms with Crippen molar-refractivity contribution < 1.29 is 29.1 Å². The first-order valence-corrected chi connectivity index (χ1v) is 16.5. The molecule has 0 radical (unpaired) electrons. The molecule has 11 N–H and O–H groups in total. The van der Waals surface area contributed by atoms with Gasteiger partial charge in [-0.05, 0) is 53.3 Å². The number of nitrogens with zero attached hydrogens (tertiary/aromatic N) is 2. The molecule has 15 heteroatoms. The van der Waals surface area contributed by atoms with Gasteiger partial charge in [-0.25, -0.2) is 0 Å². The summed E-state index contributed by atoms with van der Waals surface area (Å²) >= 11 is 0. The Balaban J connectivity index is 1.46. The second kappa shape index (κ2) is 16.1. The summed E-state index contributed by atoms with van der Waals surface area (Å²) in [5.74, 6) is -3.15. The number of hydrogen-bond donors (Lipinski definition) is 8. The van der Waals surface area contributed by atoms with E-state index in [-0.39, 0.29) is 50.5 Å². The van der Waals surface area contributed by atoms with Gasteiger partial charge in [0.05, 0.1) is 6.54 Å². The number of nitrogens with two attached hydrogens (primary N) is 3. The molecule has 2 aliphatic rings. The smallest absolute Gasteiger partial charge is 0.246 e. The molecule has 264 valence electrons. The van der Waals surface area contributed by atoms with Gasteiger partial charge in [0.1, 0.15) is 29.9 Å². The number of fused-ring (bicyclic) bond motifs is 2. The molecule has 0 aliphatic carbocycles. The van der Waals surface area contributed by atoms with Crippen molar-refractivity contribution in [3.63, 3.8) is 0 Å². The molecule has 3 aromatic carbocycles. The average Bonchev–Trinajstić information content (AvgIpc) is 3.49. The third-order valence-electron chi connectivity index (χ3n) is 8.82. The molecule has 0 aromatic heterocycles. The largest absolute Gasteiger partial charge is 0.508 e. The Morgan fingerprint density at radius 1 is 0.800 bits per heavy atom. The van der Waals surface area contributed by atoms with E-state index in [4.69, 9.17) is 17.2 Å². The van der Waals surface area contributed by atoms with Gasteiger partial charge in [-0.3, -0.25) is 29.0 Å². The van der Waals surface area contributed by atoms with Crippen molar-refractivity contribution in [2.75, 3.05) is 19.6 Å². The van der Waals surface area contributed by atoms with Crippen LogP contribution in [0.4, 0.5) is 0 Å². The normalized spacial score (nSPS) is 23.5. The highest BCUT2D eigenvalue weighted by Gasteiger charge is 2.42. The maximum Gasteiger partial charge on any atom is 0.246 e. The summed E-state index contributed by atoms with van der Waals surface area (Å²) in [6.07, 6.45) is 0.694. The standard InChI is InChI=1S/C35H43N9O6/c36-24-17-29-33(49)42-26(6-3-13-39-35(37)38)32(48)43-27(16-21-7-10-22-4-1-2-5-23(22)14-21)31(47)40-18-30(46)41-28(34(50)44(29)19-24)15-20-8-11-25(45)12-9-20/h1-2,4-5,7-12,14,24,26-29,45H,3,6,13,15-19,36H2,(H,40,47)(H,41,46)(H,42,49)(H,43,48)(H4,37,38,39)/t24-,26+,27+,28-,29+/m1/s1. The third-order valence-corrected chi connectivity index (χ3v) is 8.82. The Morgan fingerprint density at radius 3 is 2.22 bits per heavy atom. The lowest BCUT2D eigenvalue weighted by Gasteiger charge is -2.30. The van der Waals surface area contributed by atoms with Gasteiger partial charge in [-0.1, -0.05) is 54.6 Å². The van der Waals surface area contributed by atoms with E-state index in [1.54, 1.807) is 12.1 Å². The number of rotatable bonds is 8. The van der Waals surface area contributed by atoms with Crippen LogP contribution in [0.15, 0.2) is 71.7 Å². The van der Waals surface area contributed by atoms with Crippen LogP contribution in [0, 0.1) is 0 Å². The Morgan fingerprint density at radius 2 is 1.48 bits per heavy atom. The summed E-state index contributed by atoms with van der Waals surface area (Å²) in [5.41, 5.74) is 18.6. The van der Waals surface area contributed by atoms with Gasteiger partial charge < -0.3 is 48.5 Å². The molecule has 0 unspecified atom stereocenters. The molecule has 2 fully saturated rings. The maximum atomic E-state index is 14.0. The van der Waals surface area contributed by atoms with Gasteiger partial charge in [0.2, 0.25) is 29.5 Å². The molecule has 0 bridgehead atoms. The number of aromatic hydroxyl groups is 1. The predicted octanol–water partition coefficient (Wildman–Crippen LogP) is -1.10. The molecule has 2 heterocycles. The van der Waals surface area contributed by atoms with E-state index in [0.29, 0.717) is 12.0 Å². The fraction of sp³-hybridized carbons (Fsp3) is 0.371. The first kappa shape index (κ1) is 35.6. The molecule has 50 heavy (non-hydrogen) atoms. The van der Waals surface area contributed by atoms with Crippen LogP contribution in [0.2, 0.25) is 0 Å². The van der Waals surface area contributed by atoms with E-state index >= 15 is 0 Å². The Hall–Kier alpha value is -5.70. The quantitative estimate of drug-likeness (QED) is 0.0813. The number of amides is 5. The zero-order chi connectivity index (χ0) is 35.8. The lowest BCUT2D eigenvalue weighted by atomic mass is 10.0. The summed E-state index contributed by atoms with van der Waals surface area (Å²) in [6.45, 7) is -0.246. The summed E-state index contributed by atoms with van der Waals surface area (Å²) in [5, 5.41) is 22.6. The Bertz CT molecular complexity index is 1760. The zero-order valence-corrected chi connectivity index (χ0v) is 27.5. The minimum atomic E-state index is -1.13. The van der Waals surface area contributed by atoms with Gasteiger partial charge in [-0.2, -0.15) is 0 Å². The summed E-state index contributed by atoms with van der Waals surface area (Å²) in [6, 6.07) is 14.7. The highest BCUT2D eigenvalue weighted by molar-refractivity contribution is 5.97. The number of guanidine groups is 1. The minimum absolute atomic E-state index is 0.0328. The summed E-state index contributed by atoms with van der Waals surface area (Å²) in [4.78, 5) is 73.9. The van der Waals surface area contributed by atoms with Crippen molar-refractivity contribution in [2.45, 2.75) is 62.3 Å². The van der Waals surface area contributed by atoms with Gasteiger partial charge in [0.15, 0.2) is 5.96 Å². The van der Waals surface area contributed by atoms with Crippen LogP contribution < -0.4 is 38.5 Å². The van der Waals surface area contributed by atoms with Gasteiger partial charge in [-0.15, -0.1) is 0 Å². The van der Waals surface area contributed by atoms with Crippen molar-refractivity contribution in [1.82, 2.24) is 26.2 Å². The lowest BCUT2D eigenvalue weighted by Crippen LogP contribution is -2.57. The van der Waals surface area contributed by atoms with Gasteiger partial charge >= 0.3 is 0 Å². The minimum Gasteiger partial charge on any atom is -0.508 e. The fourth-order valence-corrected chi connectivity index (χ4v) is 6.29. The number of benzene rings is 3. The Labute approximate surface area is 289 Å². The zero-order valence-electron chi connectivity index (χ0n) is 27.5. The molecule has 3 aromatic rings. The molecule has 5 rings (SSSR count). The number of nitrogens with one attached hydrogen (secondary N) is 4. The highest BCUT2D eigenvalue weighted by atomic mass is 16.3. The average molecular weight is 686 g/mol. The predicted molar refractivity (Wildman–Crippen MR) is 186 cm³/mol. The highest BCUT2D eigenvalue weighted by Crippen LogP contribution is 2.21. The van der Waals surface area contributed by atoms with E-state index in [2.05, 4.69) is 26.3 Å². The molecule has 2 saturated heterocycles. The first-order chi connectivity index (χ1) is 24.0. The van der Waals surface area contributed by atoms with E-state index in [0.717, 1.165) is 16.3 Å². The van der Waals surface area contributed by atoms with Crippen molar-refractivity contribution in [1.29, 1.82) is 0 Å². The topological polar surface area (TPSA) is 247 Å². The summed E-state index contributed by atoms with van der Waals surface area (Å²) in [7, 11) is 0. The molecule has 0 spiro atoms. The van der Waals surface area contributed by atoms with Crippen LogP contribution in [0.25, 0.3) is 10.8 Å². The first-order valence-electron chi connectivity index (χ1n) is 16.5. The molecule has 5 atom stereocenters. The van der Waals surface area contributed by atoms with Crippen molar-refractivity contribution in [3.05, 3.63) is 77.9 Å². The van der Waals surface area contributed by atoms with Gasteiger partial charge in [0, 0.05) is 32.0 Å². The van der Waals surface area contributed by atoms with Crippen LogP contribution in [-0.2, 0) is 36.8 Å². The number of phenolic OH excluding ortho intramolecular Hbond substituents is 1. The van der Waals surface area contributed by atoms with Crippen LogP contribution >= 0.6 is 0 Å². The van der Waals surface area contributed by atoms with E-state index in [9.17, 15) is 29.1 Å². The third kappa shape index (κ3) is 9.25. The van der Waals surface area contributed by atoms with Crippen LogP contribution in [0.5, 0.6) is 5.75 Å². The number of aliphatic imine (C=N–C) groups is 1. The Kier molecular flexibility index (Phi) is 11.5. The van der Waals surface area contributed by atoms with Crippen molar-refractivity contribution in [3.8, 4) is 5.75 Å². The maximum absolute atomic E-state index is 14.0. The van der Waals surface area contributed by atoms with Crippen LogP contribution in [-0.4, -0.2) is 95.3 Å². The second-order valence-corrected chi connectivity index (χ2v) is 12.7. The second-order valence-electron chi connectivity index (χ2n) is 12.7. The molecule has 0 saturated carbocycles. The molecular formula is C35H43N9O6. The molecule has 5 amide bonds. The van der Waals surface area contributed by atoms with Crippen molar-refractivity contribution in [2.24, 2.45) is 22.2 Å². The molecular weight excluding hydrogens is 642 g/mol. The monoisotopic (exact) mass is 685 g/mol. The lowest BCUT2D eigenvalue weighted by molar-refractivity contribution is -0.142.